The molecule has 1 aromatic carbocycles. The summed E-state index contributed by atoms with van der Waals surface area (Å²) in [6.45, 7) is 2.71. The van der Waals surface area contributed by atoms with Crippen LogP contribution in [0.1, 0.15) is 24.3 Å². The molecule has 0 radical (unpaired) electrons. The Morgan fingerprint density at radius 2 is 2.06 bits per heavy atom. The molecular formula is C13H15BrN2O2. The summed E-state index contributed by atoms with van der Waals surface area (Å²) < 4.78 is 7.69. The van der Waals surface area contributed by atoms with Crippen LogP contribution in [0.4, 0.5) is 0 Å². The maximum Gasteiger partial charge on any atom is 0.122 e. The van der Waals surface area contributed by atoms with Crippen molar-refractivity contribution in [1.82, 2.24) is 9.78 Å². The van der Waals surface area contributed by atoms with Crippen LogP contribution in [0.15, 0.2) is 34.9 Å². The lowest BCUT2D eigenvalue weighted by molar-refractivity contribution is 0.207. The Morgan fingerprint density at radius 1 is 1.39 bits per heavy atom. The molecule has 0 fully saturated rings. The average molecular weight is 311 g/mol. The number of benzene rings is 1. The number of nitrogens with zero attached hydrogens (tertiary/aromatic N) is 2. The quantitative estimate of drug-likeness (QED) is 0.944. The number of aliphatic hydroxyl groups is 1. The molecule has 2 aromatic rings. The molecule has 0 amide bonds. The van der Waals surface area contributed by atoms with Crippen molar-refractivity contribution in [2.45, 2.75) is 19.6 Å². The molecule has 5 heteroatoms. The molecule has 0 aliphatic rings. The lowest BCUT2D eigenvalue weighted by Gasteiger charge is -2.14. The van der Waals surface area contributed by atoms with Gasteiger partial charge in [-0.15, -0.1) is 0 Å². The number of hydrogen-bond donors (Lipinski definition) is 1. The molecule has 96 valence electrons. The van der Waals surface area contributed by atoms with Crippen molar-refractivity contribution < 1.29 is 9.84 Å². The Labute approximate surface area is 114 Å². The van der Waals surface area contributed by atoms with Gasteiger partial charge in [-0.1, -0.05) is 12.1 Å². The largest absolute Gasteiger partial charge is 0.497 e. The van der Waals surface area contributed by atoms with Crippen LogP contribution in [0.25, 0.3) is 0 Å². The first-order valence-electron chi connectivity index (χ1n) is 5.70. The van der Waals surface area contributed by atoms with E-state index in [9.17, 15) is 5.11 Å². The molecule has 0 spiro atoms. The first-order valence-corrected chi connectivity index (χ1v) is 6.50. The Morgan fingerprint density at radius 3 is 2.61 bits per heavy atom. The minimum atomic E-state index is -0.701. The van der Waals surface area contributed by atoms with E-state index in [1.807, 2.05) is 31.2 Å². The third kappa shape index (κ3) is 2.42. The predicted octanol–water partition coefficient (Wildman–Crippen LogP) is 2.76. The maximum absolute atomic E-state index is 10.4. The molecule has 1 atom stereocenters. The number of ether oxygens (including phenoxy) is 1. The number of aliphatic hydroxyl groups excluding tert-OH is 1. The van der Waals surface area contributed by atoms with Gasteiger partial charge in [0.25, 0.3) is 0 Å². The van der Waals surface area contributed by atoms with Gasteiger partial charge in [0.1, 0.15) is 11.9 Å². The number of rotatable bonds is 4. The summed E-state index contributed by atoms with van der Waals surface area (Å²) in [5, 5.41) is 14.6. The summed E-state index contributed by atoms with van der Waals surface area (Å²) in [6.07, 6.45) is 0.999. The normalized spacial score (nSPS) is 12.4. The number of hydrogen-bond acceptors (Lipinski definition) is 3. The second-order valence-electron chi connectivity index (χ2n) is 3.87. The molecule has 1 unspecified atom stereocenters. The molecule has 0 bridgehead atoms. The molecular weight excluding hydrogens is 296 g/mol. The van der Waals surface area contributed by atoms with Gasteiger partial charge in [0.15, 0.2) is 0 Å². The maximum atomic E-state index is 10.4. The van der Waals surface area contributed by atoms with Crippen molar-refractivity contribution >= 4 is 15.9 Å². The van der Waals surface area contributed by atoms with E-state index in [1.54, 1.807) is 18.0 Å². The second kappa shape index (κ2) is 5.54. The highest BCUT2D eigenvalue weighted by atomic mass is 79.9. The lowest BCUT2D eigenvalue weighted by atomic mass is 10.1. The van der Waals surface area contributed by atoms with Crippen LogP contribution in [-0.2, 0) is 6.54 Å². The van der Waals surface area contributed by atoms with E-state index >= 15 is 0 Å². The highest BCUT2D eigenvalue weighted by Crippen LogP contribution is 2.29. The van der Waals surface area contributed by atoms with E-state index in [2.05, 4.69) is 21.0 Å². The molecule has 18 heavy (non-hydrogen) atoms. The van der Waals surface area contributed by atoms with Crippen molar-refractivity contribution in [2.24, 2.45) is 0 Å². The fourth-order valence-corrected chi connectivity index (χ4v) is 2.35. The highest BCUT2D eigenvalue weighted by molar-refractivity contribution is 9.10. The summed E-state index contributed by atoms with van der Waals surface area (Å²) in [5.41, 5.74) is 1.58. The van der Waals surface area contributed by atoms with Crippen molar-refractivity contribution in [2.75, 3.05) is 7.11 Å². The molecule has 0 aliphatic heterocycles. The summed E-state index contributed by atoms with van der Waals surface area (Å²) in [7, 11) is 1.62. The Bertz CT molecular complexity index is 522. The van der Waals surface area contributed by atoms with Crippen LogP contribution in [0.2, 0.25) is 0 Å². The Balaban J connectivity index is 2.34. The van der Waals surface area contributed by atoms with Crippen molar-refractivity contribution in [3.05, 3.63) is 46.2 Å². The van der Waals surface area contributed by atoms with E-state index in [0.717, 1.165) is 21.5 Å². The molecule has 0 aliphatic carbocycles. The second-order valence-corrected chi connectivity index (χ2v) is 4.72. The van der Waals surface area contributed by atoms with Gasteiger partial charge in [-0.3, -0.25) is 4.68 Å². The SMILES string of the molecule is CCn1ncc(Br)c1C(O)c1ccc(OC)cc1. The van der Waals surface area contributed by atoms with Gasteiger partial charge in [-0.25, -0.2) is 0 Å². The minimum Gasteiger partial charge on any atom is -0.497 e. The van der Waals surface area contributed by atoms with Gasteiger partial charge < -0.3 is 9.84 Å². The number of halogens is 1. The summed E-state index contributed by atoms with van der Waals surface area (Å²) >= 11 is 3.42. The van der Waals surface area contributed by atoms with Crippen LogP contribution in [0, 0.1) is 0 Å². The molecule has 2 rings (SSSR count). The van der Waals surface area contributed by atoms with E-state index in [4.69, 9.17) is 4.74 Å². The predicted molar refractivity (Wildman–Crippen MR) is 72.7 cm³/mol. The summed E-state index contributed by atoms with van der Waals surface area (Å²) in [5.74, 6) is 0.772. The summed E-state index contributed by atoms with van der Waals surface area (Å²) in [4.78, 5) is 0. The van der Waals surface area contributed by atoms with Gasteiger partial charge in [0.2, 0.25) is 0 Å². The van der Waals surface area contributed by atoms with E-state index in [-0.39, 0.29) is 0 Å². The third-order valence-corrected chi connectivity index (χ3v) is 3.43. The van der Waals surface area contributed by atoms with E-state index in [0.29, 0.717) is 6.54 Å². The van der Waals surface area contributed by atoms with Gasteiger partial charge >= 0.3 is 0 Å². The first-order chi connectivity index (χ1) is 8.67. The Hall–Kier alpha value is -1.33. The van der Waals surface area contributed by atoms with Crippen LogP contribution in [0.3, 0.4) is 0 Å². The van der Waals surface area contributed by atoms with Crippen LogP contribution < -0.4 is 4.74 Å². The van der Waals surface area contributed by atoms with Gasteiger partial charge in [0.05, 0.1) is 23.5 Å². The monoisotopic (exact) mass is 310 g/mol. The number of aromatic nitrogens is 2. The highest BCUT2D eigenvalue weighted by Gasteiger charge is 2.18. The topological polar surface area (TPSA) is 47.3 Å². The Kier molecular flexibility index (Phi) is 4.04. The fraction of sp³-hybridized carbons (Fsp3) is 0.308. The van der Waals surface area contributed by atoms with Crippen molar-refractivity contribution in [1.29, 1.82) is 0 Å². The molecule has 0 saturated carbocycles. The van der Waals surface area contributed by atoms with E-state index < -0.39 is 6.10 Å². The van der Waals surface area contributed by atoms with Crippen LogP contribution in [0.5, 0.6) is 5.75 Å². The van der Waals surface area contributed by atoms with Crippen molar-refractivity contribution in [3.8, 4) is 5.75 Å². The fourth-order valence-electron chi connectivity index (χ4n) is 1.84. The zero-order valence-electron chi connectivity index (χ0n) is 10.3. The van der Waals surface area contributed by atoms with E-state index in [1.165, 1.54) is 0 Å². The first kappa shape index (κ1) is 13.1. The lowest BCUT2D eigenvalue weighted by Crippen LogP contribution is -2.09. The van der Waals surface area contributed by atoms with Gasteiger partial charge in [-0.2, -0.15) is 5.10 Å². The third-order valence-electron chi connectivity index (χ3n) is 2.82. The average Bonchev–Trinajstić information content (AvgIpc) is 2.79. The zero-order chi connectivity index (χ0) is 13.1. The number of aryl methyl sites for hydroxylation is 1. The smallest absolute Gasteiger partial charge is 0.122 e. The molecule has 1 N–H and O–H groups in total. The van der Waals surface area contributed by atoms with Crippen LogP contribution >= 0.6 is 15.9 Å². The standard InChI is InChI=1S/C13H15BrN2O2/c1-3-16-12(11(14)8-15-16)13(17)9-4-6-10(18-2)7-5-9/h4-8,13,17H,3H2,1-2H3. The zero-order valence-corrected chi connectivity index (χ0v) is 11.9. The van der Waals surface area contributed by atoms with Gasteiger partial charge in [-0.05, 0) is 40.5 Å². The molecule has 0 saturated heterocycles. The molecule has 1 aromatic heterocycles. The molecule has 1 heterocycles. The number of methoxy groups -OCH3 is 1. The minimum absolute atomic E-state index is 0.701. The van der Waals surface area contributed by atoms with Gasteiger partial charge in [0, 0.05) is 6.54 Å². The molecule has 4 nitrogen and oxygen atoms in total. The van der Waals surface area contributed by atoms with Crippen molar-refractivity contribution in [3.63, 3.8) is 0 Å². The van der Waals surface area contributed by atoms with Crippen LogP contribution in [-0.4, -0.2) is 22.0 Å². The summed E-state index contributed by atoms with van der Waals surface area (Å²) in [6, 6.07) is 7.37.